The second-order valence-corrected chi connectivity index (χ2v) is 24.6. The van der Waals surface area contributed by atoms with Gasteiger partial charge in [-0.3, -0.25) is 4.79 Å². The molecule has 0 bridgehead atoms. The lowest BCUT2D eigenvalue weighted by atomic mass is 9.55. The highest BCUT2D eigenvalue weighted by molar-refractivity contribution is 6.74. The average molecular weight is 537 g/mol. The summed E-state index contributed by atoms with van der Waals surface area (Å²) in [7, 11) is -2.13. The lowest BCUT2D eigenvalue weighted by molar-refractivity contribution is -0.190. The van der Waals surface area contributed by atoms with Crippen LogP contribution in [0.3, 0.4) is 0 Å². The van der Waals surface area contributed by atoms with Crippen molar-refractivity contribution in [1.82, 2.24) is 0 Å². The van der Waals surface area contributed by atoms with Crippen molar-refractivity contribution in [2.45, 2.75) is 147 Å². The Morgan fingerprint density at radius 3 is 2.06 bits per heavy atom. The minimum atomic E-state index is -1.95. The van der Waals surface area contributed by atoms with Gasteiger partial charge in [0, 0.05) is 25.4 Å². The Bertz CT molecular complexity index is 801. The van der Waals surface area contributed by atoms with Gasteiger partial charge in [-0.1, -0.05) is 79.4 Å². The van der Waals surface area contributed by atoms with Crippen molar-refractivity contribution in [2.24, 2.45) is 17.8 Å². The largest absolute Gasteiger partial charge is 0.413 e. The molecule has 4 nitrogen and oxygen atoms in total. The number of hydrogen-bond donors (Lipinski definition) is 0. The molecule has 3 aliphatic carbocycles. The van der Waals surface area contributed by atoms with Crippen molar-refractivity contribution < 1.29 is 18.4 Å². The van der Waals surface area contributed by atoms with Crippen molar-refractivity contribution in [3.8, 4) is 0 Å². The van der Waals surface area contributed by atoms with Gasteiger partial charge in [-0.15, -0.1) is 0 Å². The van der Waals surface area contributed by atoms with Crippen LogP contribution in [0.4, 0.5) is 0 Å². The van der Waals surface area contributed by atoms with Gasteiger partial charge in [-0.2, -0.15) is 0 Å². The fourth-order valence-electron chi connectivity index (χ4n) is 6.06. The highest BCUT2D eigenvalue weighted by Gasteiger charge is 2.62. The summed E-state index contributed by atoms with van der Waals surface area (Å²) in [5.74, 6) is 1.44. The summed E-state index contributed by atoms with van der Waals surface area (Å²) < 4.78 is 20.0. The van der Waals surface area contributed by atoms with Crippen LogP contribution in [0.1, 0.15) is 92.9 Å². The standard InChI is InChI=1S/C30H56O4Si2/c1-28(2,3)35(8,9)33-23(20-22-14-12-13-15-22)16-17-24-25-21-27(31)30(25,32-7)19-18-26(24)34-36(10,11)29(4,5)6/h16-17,22-26H,12-15,18-21H2,1-11H3/t23-,24+,25+,26+,30+/m1/s1. The molecule has 0 aromatic rings. The molecule has 3 aliphatic rings. The number of carbonyl (C=O) groups is 1. The van der Waals surface area contributed by atoms with Crippen molar-refractivity contribution >= 4 is 22.4 Å². The van der Waals surface area contributed by atoms with Crippen LogP contribution in [0.5, 0.6) is 0 Å². The maximum Gasteiger partial charge on any atom is 0.192 e. The molecule has 0 saturated heterocycles. The molecule has 0 radical (unpaired) electrons. The molecule has 208 valence electrons. The normalized spacial score (nSPS) is 31.5. The van der Waals surface area contributed by atoms with Gasteiger partial charge in [-0.25, -0.2) is 0 Å². The van der Waals surface area contributed by atoms with Gasteiger partial charge >= 0.3 is 0 Å². The van der Waals surface area contributed by atoms with Crippen LogP contribution in [0, 0.1) is 17.8 Å². The lowest BCUT2D eigenvalue weighted by Gasteiger charge is -2.56. The van der Waals surface area contributed by atoms with E-state index in [1.54, 1.807) is 7.11 Å². The quantitative estimate of drug-likeness (QED) is 0.220. The number of ether oxygens (including phenoxy) is 1. The summed E-state index contributed by atoms with van der Waals surface area (Å²) in [6.45, 7) is 23.3. The van der Waals surface area contributed by atoms with E-state index in [1.165, 1.54) is 25.7 Å². The molecule has 5 atom stereocenters. The second kappa shape index (κ2) is 10.7. The first-order chi connectivity index (χ1) is 16.4. The van der Waals surface area contributed by atoms with E-state index in [0.717, 1.165) is 25.2 Å². The maximum atomic E-state index is 12.8. The number of hydrogen-bond acceptors (Lipinski definition) is 4. The summed E-state index contributed by atoms with van der Waals surface area (Å²) >= 11 is 0. The molecule has 3 saturated carbocycles. The minimum absolute atomic E-state index is 0.136. The Morgan fingerprint density at radius 1 is 0.972 bits per heavy atom. The molecule has 0 aliphatic heterocycles. The molecule has 0 amide bonds. The van der Waals surface area contributed by atoms with Gasteiger partial charge in [0.05, 0.1) is 12.2 Å². The van der Waals surface area contributed by atoms with Crippen LogP contribution < -0.4 is 0 Å². The molecule has 0 aromatic heterocycles. The monoisotopic (exact) mass is 536 g/mol. The predicted octanol–water partition coefficient (Wildman–Crippen LogP) is 8.29. The second-order valence-electron chi connectivity index (χ2n) is 15.0. The Morgan fingerprint density at radius 2 is 1.56 bits per heavy atom. The van der Waals surface area contributed by atoms with Crippen LogP contribution in [0.15, 0.2) is 12.2 Å². The van der Waals surface area contributed by atoms with E-state index >= 15 is 0 Å². The van der Waals surface area contributed by atoms with E-state index in [2.05, 4.69) is 79.9 Å². The van der Waals surface area contributed by atoms with E-state index in [-0.39, 0.29) is 39.9 Å². The predicted molar refractivity (Wildman–Crippen MR) is 155 cm³/mol. The fourth-order valence-corrected chi connectivity index (χ4v) is 8.73. The van der Waals surface area contributed by atoms with E-state index in [0.29, 0.717) is 6.42 Å². The zero-order chi connectivity index (χ0) is 27.2. The summed E-state index contributed by atoms with van der Waals surface area (Å²) in [4.78, 5) is 12.8. The van der Waals surface area contributed by atoms with Gasteiger partial charge in [0.15, 0.2) is 22.4 Å². The number of methoxy groups -OCH3 is 1. The molecule has 36 heavy (non-hydrogen) atoms. The molecule has 3 fully saturated rings. The highest BCUT2D eigenvalue weighted by atomic mass is 28.4. The summed E-state index contributed by atoms with van der Waals surface area (Å²) in [6.07, 6.45) is 13.8. The molecule has 0 heterocycles. The third kappa shape index (κ3) is 6.13. The van der Waals surface area contributed by atoms with Crippen LogP contribution >= 0.6 is 0 Å². The van der Waals surface area contributed by atoms with Gasteiger partial charge in [0.25, 0.3) is 0 Å². The number of ketones is 1. The molecule has 0 aromatic carbocycles. The number of carbonyl (C=O) groups excluding carboxylic acids is 1. The fraction of sp³-hybridized carbons (Fsp3) is 0.900. The van der Waals surface area contributed by atoms with Crippen molar-refractivity contribution in [3.63, 3.8) is 0 Å². The first-order valence-corrected chi connectivity index (χ1v) is 20.4. The zero-order valence-corrected chi connectivity index (χ0v) is 27.3. The first kappa shape index (κ1) is 30.3. The molecule has 3 rings (SSSR count). The highest BCUT2D eigenvalue weighted by Crippen LogP contribution is 2.53. The maximum absolute atomic E-state index is 12.8. The smallest absolute Gasteiger partial charge is 0.192 e. The SMILES string of the molecule is CO[C@@]12CC[C@H](O[Si](C)(C)C(C)(C)C)[C@@H](C=C[C@H](CC3CCCC3)O[Si](C)(C)C(C)(C)C)[C@@H]1CC2=O. The zero-order valence-electron chi connectivity index (χ0n) is 25.3. The average Bonchev–Trinajstić information content (AvgIpc) is 3.23. The van der Waals surface area contributed by atoms with Gasteiger partial charge < -0.3 is 13.6 Å². The Balaban J connectivity index is 1.89. The molecule has 6 heteroatoms. The van der Waals surface area contributed by atoms with Crippen molar-refractivity contribution in [1.29, 1.82) is 0 Å². The number of Topliss-reactive ketones (excluding diaryl/α,β-unsaturated/α-hetero) is 1. The third-order valence-corrected chi connectivity index (χ3v) is 19.6. The van der Waals surface area contributed by atoms with Crippen LogP contribution in [-0.4, -0.2) is 47.3 Å². The first-order valence-electron chi connectivity index (χ1n) is 14.6. The van der Waals surface area contributed by atoms with Crippen molar-refractivity contribution in [3.05, 3.63) is 12.2 Å². The third-order valence-electron chi connectivity index (χ3n) is 10.6. The van der Waals surface area contributed by atoms with Crippen LogP contribution in [-0.2, 0) is 18.4 Å². The molecule has 0 unspecified atom stereocenters. The number of fused-ring (bicyclic) bond motifs is 1. The summed E-state index contributed by atoms with van der Waals surface area (Å²) in [5.41, 5.74) is -0.608. The molecular weight excluding hydrogens is 480 g/mol. The minimum Gasteiger partial charge on any atom is -0.413 e. The Labute approximate surface area is 224 Å². The van der Waals surface area contributed by atoms with Gasteiger partial charge in [0.2, 0.25) is 0 Å². The van der Waals surface area contributed by atoms with E-state index in [1.807, 2.05) is 0 Å². The topological polar surface area (TPSA) is 44.8 Å². The van der Waals surface area contributed by atoms with E-state index in [4.69, 9.17) is 13.6 Å². The van der Waals surface area contributed by atoms with Crippen LogP contribution in [0.2, 0.25) is 36.3 Å². The van der Waals surface area contributed by atoms with Gasteiger partial charge in [-0.05, 0) is 61.4 Å². The van der Waals surface area contributed by atoms with Crippen molar-refractivity contribution in [2.75, 3.05) is 7.11 Å². The molecule has 0 N–H and O–H groups in total. The van der Waals surface area contributed by atoms with Crippen LogP contribution in [0.25, 0.3) is 0 Å². The molecular formula is C30H56O4Si2. The lowest BCUT2D eigenvalue weighted by Crippen LogP contribution is -2.65. The van der Waals surface area contributed by atoms with E-state index in [9.17, 15) is 4.79 Å². The summed E-state index contributed by atoms with van der Waals surface area (Å²) in [6, 6.07) is 0. The Hall–Kier alpha value is -0.276. The Kier molecular flexibility index (Phi) is 9.00. The van der Waals surface area contributed by atoms with Gasteiger partial charge in [0.1, 0.15) is 5.60 Å². The number of rotatable bonds is 9. The molecule has 0 spiro atoms. The summed E-state index contributed by atoms with van der Waals surface area (Å²) in [5, 5.41) is 0.335. The van der Waals surface area contributed by atoms with E-state index < -0.39 is 22.2 Å².